The number of amides is 1. The summed E-state index contributed by atoms with van der Waals surface area (Å²) >= 11 is 0. The summed E-state index contributed by atoms with van der Waals surface area (Å²) in [5.41, 5.74) is 1.60. The maximum absolute atomic E-state index is 12.9. The second-order valence-corrected chi connectivity index (χ2v) is 4.17. The standard InChI is InChI=1S/C12H11FN4O2/c13-7-1-2-8(15-5-7)10-9(6-18)16-17-4-3-14-12(19)11(10)17/h1-2,5,18H,3-4,6H2,(H,14,19). The van der Waals surface area contributed by atoms with Crippen LogP contribution in [0.25, 0.3) is 11.3 Å². The van der Waals surface area contributed by atoms with Crippen molar-refractivity contribution in [3.63, 3.8) is 0 Å². The summed E-state index contributed by atoms with van der Waals surface area (Å²) in [5.74, 6) is -0.723. The molecule has 1 amide bonds. The van der Waals surface area contributed by atoms with Crippen LogP contribution in [0.5, 0.6) is 0 Å². The van der Waals surface area contributed by atoms with Gasteiger partial charge in [-0.25, -0.2) is 4.39 Å². The van der Waals surface area contributed by atoms with E-state index >= 15 is 0 Å². The van der Waals surface area contributed by atoms with Gasteiger partial charge in [0.25, 0.3) is 5.91 Å². The molecule has 0 fully saturated rings. The van der Waals surface area contributed by atoms with E-state index in [4.69, 9.17) is 0 Å². The van der Waals surface area contributed by atoms with Crippen molar-refractivity contribution in [1.82, 2.24) is 20.1 Å². The van der Waals surface area contributed by atoms with Gasteiger partial charge in [-0.15, -0.1) is 0 Å². The lowest BCUT2D eigenvalue weighted by Crippen LogP contribution is -2.35. The van der Waals surface area contributed by atoms with Gasteiger partial charge in [0.2, 0.25) is 0 Å². The summed E-state index contributed by atoms with van der Waals surface area (Å²) in [7, 11) is 0. The van der Waals surface area contributed by atoms with E-state index in [0.717, 1.165) is 6.20 Å². The molecule has 7 heteroatoms. The van der Waals surface area contributed by atoms with Crippen LogP contribution in [0.2, 0.25) is 0 Å². The molecular weight excluding hydrogens is 251 g/mol. The van der Waals surface area contributed by atoms with Crippen molar-refractivity contribution in [2.45, 2.75) is 13.2 Å². The van der Waals surface area contributed by atoms with Gasteiger partial charge in [-0.3, -0.25) is 14.5 Å². The zero-order chi connectivity index (χ0) is 13.4. The van der Waals surface area contributed by atoms with Gasteiger partial charge in [0, 0.05) is 6.54 Å². The minimum Gasteiger partial charge on any atom is -0.390 e. The summed E-state index contributed by atoms with van der Waals surface area (Å²) in [5, 5.41) is 16.3. The molecule has 0 bridgehead atoms. The number of pyridine rings is 1. The van der Waals surface area contributed by atoms with Crippen LogP contribution in [0.4, 0.5) is 4.39 Å². The fraction of sp³-hybridized carbons (Fsp3) is 0.250. The number of hydrogen-bond donors (Lipinski definition) is 2. The quantitative estimate of drug-likeness (QED) is 0.816. The van der Waals surface area contributed by atoms with Gasteiger partial charge in [-0.1, -0.05) is 0 Å². The first-order valence-corrected chi connectivity index (χ1v) is 5.81. The van der Waals surface area contributed by atoms with Crippen molar-refractivity contribution >= 4 is 5.91 Å². The summed E-state index contributed by atoms with van der Waals surface area (Å²) in [4.78, 5) is 15.9. The van der Waals surface area contributed by atoms with Crippen molar-refractivity contribution in [2.24, 2.45) is 0 Å². The highest BCUT2D eigenvalue weighted by molar-refractivity contribution is 6.00. The first-order valence-electron chi connectivity index (χ1n) is 5.81. The van der Waals surface area contributed by atoms with E-state index in [1.807, 2.05) is 0 Å². The van der Waals surface area contributed by atoms with Crippen LogP contribution in [0.1, 0.15) is 16.2 Å². The molecule has 1 aliphatic heterocycles. The van der Waals surface area contributed by atoms with Crippen LogP contribution >= 0.6 is 0 Å². The second kappa shape index (κ2) is 4.43. The SMILES string of the molecule is O=C1NCCn2nc(CO)c(-c3ccc(F)cn3)c21. The zero-order valence-electron chi connectivity index (χ0n) is 9.93. The number of aliphatic hydroxyl groups excluding tert-OH is 1. The van der Waals surface area contributed by atoms with Crippen LogP contribution in [0, 0.1) is 5.82 Å². The topological polar surface area (TPSA) is 80.0 Å². The Morgan fingerprint density at radius 2 is 2.32 bits per heavy atom. The predicted molar refractivity (Wildman–Crippen MR) is 63.7 cm³/mol. The van der Waals surface area contributed by atoms with Crippen LogP contribution in [0.3, 0.4) is 0 Å². The third-order valence-corrected chi connectivity index (χ3v) is 2.98. The smallest absolute Gasteiger partial charge is 0.270 e. The fourth-order valence-corrected chi connectivity index (χ4v) is 2.17. The fourth-order valence-electron chi connectivity index (χ4n) is 2.17. The third kappa shape index (κ3) is 1.88. The molecule has 0 aliphatic carbocycles. The molecule has 0 aromatic carbocycles. The Bertz CT molecular complexity index is 636. The molecule has 0 unspecified atom stereocenters. The molecule has 0 spiro atoms. The number of aliphatic hydroxyl groups is 1. The van der Waals surface area contributed by atoms with Crippen LogP contribution < -0.4 is 5.32 Å². The average molecular weight is 262 g/mol. The Morgan fingerprint density at radius 3 is 3.00 bits per heavy atom. The number of hydrogen-bond acceptors (Lipinski definition) is 4. The first-order chi connectivity index (χ1) is 9.20. The maximum atomic E-state index is 12.9. The van der Waals surface area contributed by atoms with Crippen LogP contribution in [-0.4, -0.2) is 32.3 Å². The number of aromatic nitrogens is 3. The normalized spacial score (nSPS) is 14.1. The molecule has 2 aromatic heterocycles. The monoisotopic (exact) mass is 262 g/mol. The first kappa shape index (κ1) is 11.8. The van der Waals surface area contributed by atoms with Crippen molar-refractivity contribution in [1.29, 1.82) is 0 Å². The van der Waals surface area contributed by atoms with Gasteiger partial charge >= 0.3 is 0 Å². The van der Waals surface area contributed by atoms with Gasteiger partial charge in [-0.2, -0.15) is 5.10 Å². The van der Waals surface area contributed by atoms with Crippen molar-refractivity contribution < 1.29 is 14.3 Å². The van der Waals surface area contributed by atoms with E-state index in [9.17, 15) is 14.3 Å². The summed E-state index contributed by atoms with van der Waals surface area (Å²) < 4.78 is 14.5. The number of nitrogens with zero attached hydrogens (tertiary/aromatic N) is 3. The van der Waals surface area contributed by atoms with Crippen molar-refractivity contribution in [3.05, 3.63) is 35.5 Å². The molecule has 2 aromatic rings. The number of nitrogens with one attached hydrogen (secondary N) is 1. The number of halogens is 1. The highest BCUT2D eigenvalue weighted by Crippen LogP contribution is 2.27. The van der Waals surface area contributed by atoms with Crippen LogP contribution in [-0.2, 0) is 13.2 Å². The van der Waals surface area contributed by atoms with Gasteiger partial charge in [-0.05, 0) is 12.1 Å². The molecule has 0 saturated carbocycles. The summed E-state index contributed by atoms with van der Waals surface area (Å²) in [6.07, 6.45) is 1.07. The van der Waals surface area contributed by atoms with Crippen LogP contribution in [0.15, 0.2) is 18.3 Å². The predicted octanol–water partition coefficient (Wildman–Crippen LogP) is 0.320. The van der Waals surface area contributed by atoms with Gasteiger partial charge in [0.1, 0.15) is 11.5 Å². The lowest BCUT2D eigenvalue weighted by atomic mass is 10.1. The molecule has 2 N–H and O–H groups in total. The van der Waals surface area contributed by atoms with Crippen molar-refractivity contribution in [2.75, 3.05) is 6.54 Å². The number of rotatable bonds is 2. The molecular formula is C12H11FN4O2. The number of carbonyl (C=O) groups excluding carboxylic acids is 1. The van der Waals surface area contributed by atoms with Crippen molar-refractivity contribution in [3.8, 4) is 11.3 Å². The largest absolute Gasteiger partial charge is 0.390 e. The van der Waals surface area contributed by atoms with E-state index in [0.29, 0.717) is 35.7 Å². The number of carbonyl (C=O) groups is 1. The molecule has 98 valence electrons. The highest BCUT2D eigenvalue weighted by atomic mass is 19.1. The minimum absolute atomic E-state index is 0.264. The van der Waals surface area contributed by atoms with Gasteiger partial charge in [0.15, 0.2) is 0 Å². The van der Waals surface area contributed by atoms with E-state index in [1.165, 1.54) is 12.1 Å². The lowest BCUT2D eigenvalue weighted by Gasteiger charge is -2.15. The number of fused-ring (bicyclic) bond motifs is 1. The Morgan fingerprint density at radius 1 is 1.47 bits per heavy atom. The third-order valence-electron chi connectivity index (χ3n) is 2.98. The Hall–Kier alpha value is -2.28. The molecule has 3 heterocycles. The van der Waals surface area contributed by atoms with Gasteiger partial charge < -0.3 is 10.4 Å². The Balaban J connectivity index is 2.21. The Labute approximate surface area is 107 Å². The molecule has 0 saturated heterocycles. The summed E-state index contributed by atoms with van der Waals surface area (Å²) in [6.45, 7) is 0.728. The zero-order valence-corrected chi connectivity index (χ0v) is 9.93. The highest BCUT2D eigenvalue weighted by Gasteiger charge is 2.27. The van der Waals surface area contributed by atoms with E-state index in [2.05, 4.69) is 15.4 Å². The molecule has 0 atom stereocenters. The Kier molecular flexibility index (Phi) is 2.75. The molecule has 3 rings (SSSR count). The molecule has 1 aliphatic rings. The minimum atomic E-state index is -0.459. The van der Waals surface area contributed by atoms with E-state index in [1.54, 1.807) is 4.68 Å². The second-order valence-electron chi connectivity index (χ2n) is 4.17. The molecule has 0 radical (unpaired) electrons. The average Bonchev–Trinajstić information content (AvgIpc) is 2.80. The lowest BCUT2D eigenvalue weighted by molar-refractivity contribution is 0.0925. The van der Waals surface area contributed by atoms with Gasteiger partial charge in [0.05, 0.1) is 36.3 Å². The van der Waals surface area contributed by atoms with E-state index < -0.39 is 5.82 Å². The summed E-state index contributed by atoms with van der Waals surface area (Å²) in [6, 6.07) is 2.72. The molecule has 19 heavy (non-hydrogen) atoms. The van der Waals surface area contributed by atoms with E-state index in [-0.39, 0.29) is 12.5 Å². The molecule has 6 nitrogen and oxygen atoms in total. The maximum Gasteiger partial charge on any atom is 0.270 e.